The Morgan fingerprint density at radius 3 is 2.70 bits per heavy atom. The lowest BCUT2D eigenvalue weighted by Crippen LogP contribution is -2.44. The van der Waals surface area contributed by atoms with Crippen molar-refractivity contribution in [1.29, 1.82) is 0 Å². The van der Waals surface area contributed by atoms with Gasteiger partial charge in [-0.05, 0) is 30.7 Å². The molecule has 0 saturated carbocycles. The molecule has 4 aromatic rings. The molecule has 0 radical (unpaired) electrons. The van der Waals surface area contributed by atoms with Gasteiger partial charge in [0.05, 0.1) is 18.9 Å². The maximum atomic E-state index is 14.4. The van der Waals surface area contributed by atoms with Crippen molar-refractivity contribution in [2.24, 2.45) is 0 Å². The lowest BCUT2D eigenvalue weighted by molar-refractivity contribution is -0.137. The normalized spacial score (nSPS) is 17.2. The quantitative estimate of drug-likeness (QED) is 0.390. The summed E-state index contributed by atoms with van der Waals surface area (Å²) < 4.78 is 16.0. The number of nitrogens with one attached hydrogen (secondary N) is 2. The zero-order chi connectivity index (χ0) is 26.1. The van der Waals surface area contributed by atoms with Crippen LogP contribution in [-0.4, -0.2) is 61.0 Å². The number of anilines is 1. The molecule has 1 fully saturated rings. The minimum Gasteiger partial charge on any atom is -0.348 e. The first-order valence-corrected chi connectivity index (χ1v) is 11.6. The first-order valence-electron chi connectivity index (χ1n) is 11.6. The van der Waals surface area contributed by atoms with Crippen LogP contribution in [0.4, 0.5) is 10.2 Å². The summed E-state index contributed by atoms with van der Waals surface area (Å²) in [4.78, 5) is 54.0. The number of alkyl halides is 1. The third-order valence-electron chi connectivity index (χ3n) is 6.39. The Labute approximate surface area is 210 Å². The van der Waals surface area contributed by atoms with Gasteiger partial charge in [-0.3, -0.25) is 19.2 Å². The van der Waals surface area contributed by atoms with E-state index in [-0.39, 0.29) is 36.5 Å². The van der Waals surface area contributed by atoms with E-state index in [2.05, 4.69) is 20.5 Å². The van der Waals surface area contributed by atoms with Crippen LogP contribution in [0, 0.1) is 0 Å². The number of benzene rings is 1. The van der Waals surface area contributed by atoms with E-state index in [0.29, 0.717) is 16.5 Å². The fourth-order valence-electron chi connectivity index (χ4n) is 4.63. The van der Waals surface area contributed by atoms with Crippen LogP contribution >= 0.6 is 0 Å². The monoisotopic (exact) mass is 502 g/mol. The van der Waals surface area contributed by atoms with Crippen LogP contribution in [-0.2, 0) is 16.1 Å². The third kappa shape index (κ3) is 4.88. The number of rotatable bonds is 6. The van der Waals surface area contributed by atoms with E-state index in [1.165, 1.54) is 30.2 Å². The van der Waals surface area contributed by atoms with Crippen LogP contribution in [0.1, 0.15) is 23.7 Å². The zero-order valence-corrected chi connectivity index (χ0v) is 19.8. The van der Waals surface area contributed by atoms with Crippen LogP contribution in [0.5, 0.6) is 0 Å². The van der Waals surface area contributed by atoms with Crippen molar-refractivity contribution in [2.45, 2.75) is 32.1 Å². The van der Waals surface area contributed by atoms with Crippen molar-refractivity contribution in [3.63, 3.8) is 0 Å². The molecule has 188 valence electrons. The van der Waals surface area contributed by atoms with E-state index >= 15 is 0 Å². The lowest BCUT2D eigenvalue weighted by Gasteiger charge is -2.24. The largest absolute Gasteiger partial charge is 0.348 e. The van der Waals surface area contributed by atoms with E-state index in [0.717, 1.165) is 11.1 Å². The highest BCUT2D eigenvalue weighted by Crippen LogP contribution is 2.29. The van der Waals surface area contributed by atoms with Gasteiger partial charge in [-0.15, -0.1) is 0 Å². The van der Waals surface area contributed by atoms with E-state index < -0.39 is 24.0 Å². The first-order chi connectivity index (χ1) is 17.8. The van der Waals surface area contributed by atoms with Gasteiger partial charge in [-0.25, -0.2) is 4.39 Å². The predicted octanol–water partition coefficient (Wildman–Crippen LogP) is 2.57. The average molecular weight is 503 g/mol. The van der Waals surface area contributed by atoms with Gasteiger partial charge in [0.1, 0.15) is 24.6 Å². The number of pyridine rings is 1. The second-order valence-electron chi connectivity index (χ2n) is 8.91. The number of carbonyl (C=O) groups is 3. The van der Waals surface area contributed by atoms with Crippen molar-refractivity contribution >= 4 is 34.3 Å². The number of amides is 2. The van der Waals surface area contributed by atoms with Gasteiger partial charge < -0.3 is 19.8 Å². The fraction of sp³-hybridized carbons (Fsp3) is 0.231. The van der Waals surface area contributed by atoms with Gasteiger partial charge >= 0.3 is 0 Å². The van der Waals surface area contributed by atoms with Crippen molar-refractivity contribution < 1.29 is 18.8 Å². The summed E-state index contributed by atoms with van der Waals surface area (Å²) in [6.07, 6.45) is 4.67. The summed E-state index contributed by atoms with van der Waals surface area (Å²) in [6.45, 7) is 1.04. The van der Waals surface area contributed by atoms with Crippen LogP contribution in [0.15, 0.2) is 66.0 Å². The van der Waals surface area contributed by atoms with Crippen LogP contribution in [0.2, 0.25) is 0 Å². The standard InChI is InChI=1S/C26H23FN6O4/c1-15(34)21-13-32(22-3-2-16(8-20(21)22)17-4-7-29-30-11-17)14-25(36)33-12-18(27)9-23(33)26(37)31-24-10-19(35)5-6-28-24/h2-8,10-11,13,18,23H,9,12,14H2,1H3,(H2,28,31,35,37). The van der Waals surface area contributed by atoms with Gasteiger partial charge in [-0.1, -0.05) is 6.07 Å². The molecule has 2 N–H and O–H groups in total. The molecule has 2 atom stereocenters. The van der Waals surface area contributed by atoms with Crippen molar-refractivity contribution in [3.05, 3.63) is 77.0 Å². The fourth-order valence-corrected chi connectivity index (χ4v) is 4.63. The van der Waals surface area contributed by atoms with Crippen LogP contribution in [0.3, 0.4) is 0 Å². The van der Waals surface area contributed by atoms with E-state index in [1.807, 2.05) is 18.2 Å². The number of hydrogen-bond donors (Lipinski definition) is 2. The Morgan fingerprint density at radius 2 is 1.97 bits per heavy atom. The molecule has 5 rings (SSSR count). The number of nitrogens with zero attached hydrogens (tertiary/aromatic N) is 4. The molecular weight excluding hydrogens is 479 g/mol. The number of fused-ring (bicyclic) bond motifs is 1. The summed E-state index contributed by atoms with van der Waals surface area (Å²) in [5.74, 6) is -1.06. The van der Waals surface area contributed by atoms with E-state index in [4.69, 9.17) is 0 Å². The van der Waals surface area contributed by atoms with Crippen LogP contribution in [0.25, 0.3) is 22.0 Å². The molecule has 11 heteroatoms. The minimum atomic E-state index is -1.36. The molecule has 37 heavy (non-hydrogen) atoms. The number of H-pyrrole nitrogens is 1. The molecule has 4 heterocycles. The number of aromatic nitrogens is 4. The lowest BCUT2D eigenvalue weighted by atomic mass is 10.0. The maximum absolute atomic E-state index is 14.4. The Balaban J connectivity index is 1.41. The molecule has 3 aromatic heterocycles. The van der Waals surface area contributed by atoms with Crippen molar-refractivity contribution in [1.82, 2.24) is 24.6 Å². The molecule has 1 aliphatic heterocycles. The minimum absolute atomic E-state index is 0.150. The Hall–Kier alpha value is -4.67. The van der Waals surface area contributed by atoms with Gasteiger partial charge in [0, 0.05) is 53.0 Å². The number of halogens is 1. The van der Waals surface area contributed by atoms with Crippen molar-refractivity contribution in [3.8, 4) is 11.1 Å². The Morgan fingerprint density at radius 1 is 1.14 bits per heavy atom. The SMILES string of the molecule is CC(=O)c1cn(CC(=O)N2CC(F)CC2C(=O)Nc2cc(=O)cc[nH]2)c2ccc(-c3ccnnc3)cc12. The summed E-state index contributed by atoms with van der Waals surface area (Å²) in [6, 6.07) is 8.79. The highest BCUT2D eigenvalue weighted by molar-refractivity contribution is 6.08. The highest BCUT2D eigenvalue weighted by atomic mass is 19.1. The molecule has 0 bridgehead atoms. The second-order valence-corrected chi connectivity index (χ2v) is 8.91. The number of carbonyl (C=O) groups excluding carboxylic acids is 3. The summed E-state index contributed by atoms with van der Waals surface area (Å²) in [5.41, 5.74) is 2.46. The smallest absolute Gasteiger partial charge is 0.248 e. The molecule has 1 saturated heterocycles. The predicted molar refractivity (Wildman–Crippen MR) is 134 cm³/mol. The molecule has 0 aliphatic carbocycles. The summed E-state index contributed by atoms with van der Waals surface area (Å²) in [5, 5.41) is 10.9. The zero-order valence-electron chi connectivity index (χ0n) is 19.8. The van der Waals surface area contributed by atoms with Crippen molar-refractivity contribution in [2.75, 3.05) is 11.9 Å². The number of ketones is 1. The van der Waals surface area contributed by atoms with Gasteiger partial charge in [0.15, 0.2) is 11.2 Å². The number of likely N-dealkylation sites (tertiary alicyclic amines) is 1. The topological polar surface area (TPSA) is 130 Å². The van der Waals surface area contributed by atoms with E-state index in [9.17, 15) is 23.6 Å². The molecular formula is C26H23FN6O4. The van der Waals surface area contributed by atoms with Gasteiger partial charge in [0.25, 0.3) is 0 Å². The number of aromatic amines is 1. The summed E-state index contributed by atoms with van der Waals surface area (Å²) >= 11 is 0. The van der Waals surface area contributed by atoms with E-state index in [1.54, 1.807) is 29.2 Å². The molecule has 0 spiro atoms. The highest BCUT2D eigenvalue weighted by Gasteiger charge is 2.40. The maximum Gasteiger partial charge on any atom is 0.248 e. The second kappa shape index (κ2) is 9.76. The Kier molecular flexibility index (Phi) is 6.34. The summed E-state index contributed by atoms with van der Waals surface area (Å²) in [7, 11) is 0. The first kappa shape index (κ1) is 24.0. The molecule has 2 unspecified atom stereocenters. The van der Waals surface area contributed by atoms with Gasteiger partial charge in [-0.2, -0.15) is 10.2 Å². The molecule has 10 nitrogen and oxygen atoms in total. The molecule has 2 amide bonds. The van der Waals surface area contributed by atoms with Crippen LogP contribution < -0.4 is 10.7 Å². The molecule has 1 aliphatic rings. The van der Waals surface area contributed by atoms with Gasteiger partial charge in [0.2, 0.25) is 11.8 Å². The molecule has 1 aromatic carbocycles. The third-order valence-corrected chi connectivity index (χ3v) is 6.39. The number of hydrogen-bond acceptors (Lipinski definition) is 6. The number of Topliss-reactive ketones (excluding diaryl/α,β-unsaturated/α-hetero) is 1. The average Bonchev–Trinajstić information content (AvgIpc) is 3.45. The Bertz CT molecular complexity index is 1560.